The van der Waals surface area contributed by atoms with E-state index < -0.39 is 23.0 Å². The van der Waals surface area contributed by atoms with Gasteiger partial charge in [0.15, 0.2) is 18.9 Å². The van der Waals surface area contributed by atoms with Crippen molar-refractivity contribution >= 4 is 23.5 Å². The highest BCUT2D eigenvalue weighted by molar-refractivity contribution is 8.00. The third kappa shape index (κ3) is 5.29. The van der Waals surface area contributed by atoms with Gasteiger partial charge in [-0.2, -0.15) is 0 Å². The van der Waals surface area contributed by atoms with Gasteiger partial charge in [0.25, 0.3) is 0 Å². The number of ketones is 1. The predicted molar refractivity (Wildman–Crippen MR) is 139 cm³/mol. The quantitative estimate of drug-likeness (QED) is 0.152. The molecule has 37 heavy (non-hydrogen) atoms. The number of esters is 1. The van der Waals surface area contributed by atoms with Crippen molar-refractivity contribution in [3.8, 4) is 0 Å². The van der Waals surface area contributed by atoms with E-state index in [2.05, 4.69) is 27.4 Å². The Balaban J connectivity index is 0.00000380. The molecule has 0 spiro atoms. The van der Waals surface area contributed by atoms with Gasteiger partial charge >= 0.3 is 5.97 Å². The molecule has 6 nitrogen and oxygen atoms in total. The van der Waals surface area contributed by atoms with Crippen molar-refractivity contribution in [2.45, 2.75) is 83.4 Å². The Labute approximate surface area is 242 Å². The fourth-order valence-electron chi connectivity index (χ4n) is 7.64. The minimum atomic E-state index is -0.660. The number of pyridine rings is 1. The van der Waals surface area contributed by atoms with Crippen LogP contribution >= 0.6 is 11.8 Å². The van der Waals surface area contributed by atoms with E-state index in [9.17, 15) is 14.7 Å². The first kappa shape index (κ1) is 30.6. The SMILES string of the molecule is C=C[C@]1(C)C[C@@H](OC(=O)CSc2cc[n+](CCO)cc2)[C@]2(C)[C@H](C)CC[C@]3(CCC(=O)[C@H]32)[C@@H](C)[C@@H]1O.[I-]. The molecule has 3 saturated carbocycles. The molecule has 0 unspecified atom stereocenters. The van der Waals surface area contributed by atoms with Crippen LogP contribution in [-0.4, -0.2) is 46.5 Å². The summed E-state index contributed by atoms with van der Waals surface area (Å²) in [5.41, 5.74) is -1.39. The number of nitrogens with zero attached hydrogens (tertiary/aromatic N) is 1. The predicted octanol–water partition coefficient (Wildman–Crippen LogP) is 0.969. The second-order valence-electron chi connectivity index (χ2n) is 11.8. The Morgan fingerprint density at radius 1 is 1.27 bits per heavy atom. The van der Waals surface area contributed by atoms with E-state index >= 15 is 0 Å². The van der Waals surface area contributed by atoms with Crippen LogP contribution in [0.15, 0.2) is 42.1 Å². The molecule has 8 atom stereocenters. The minimum absolute atomic E-state index is 0. The van der Waals surface area contributed by atoms with Crippen LogP contribution in [0.2, 0.25) is 0 Å². The molecule has 3 fully saturated rings. The highest BCUT2D eigenvalue weighted by atomic mass is 127. The normalized spacial score (nSPS) is 39.1. The Kier molecular flexibility index (Phi) is 9.62. The van der Waals surface area contributed by atoms with Gasteiger partial charge in [0.2, 0.25) is 0 Å². The fourth-order valence-corrected chi connectivity index (χ4v) is 8.31. The van der Waals surface area contributed by atoms with Gasteiger partial charge < -0.3 is 38.9 Å². The highest BCUT2D eigenvalue weighted by Crippen LogP contribution is 2.68. The molecule has 0 saturated heterocycles. The molecule has 206 valence electrons. The average Bonchev–Trinajstić information content (AvgIpc) is 3.22. The molecule has 4 rings (SSSR count). The van der Waals surface area contributed by atoms with E-state index in [0.29, 0.717) is 19.4 Å². The molecule has 0 aliphatic heterocycles. The summed E-state index contributed by atoms with van der Waals surface area (Å²) in [6, 6.07) is 3.85. The van der Waals surface area contributed by atoms with E-state index in [1.165, 1.54) is 11.8 Å². The van der Waals surface area contributed by atoms with Crippen molar-refractivity contribution < 1.29 is 53.1 Å². The molecular formula is C29H42INO5S. The summed E-state index contributed by atoms with van der Waals surface area (Å²) in [7, 11) is 0. The van der Waals surface area contributed by atoms with Crippen molar-refractivity contribution in [3.05, 3.63) is 37.2 Å². The Morgan fingerprint density at radius 3 is 2.57 bits per heavy atom. The van der Waals surface area contributed by atoms with Crippen molar-refractivity contribution in [1.29, 1.82) is 0 Å². The largest absolute Gasteiger partial charge is 1.00 e. The molecule has 0 radical (unpaired) electrons. The van der Waals surface area contributed by atoms with Gasteiger partial charge in [0.05, 0.1) is 11.9 Å². The first-order valence-corrected chi connectivity index (χ1v) is 14.3. The van der Waals surface area contributed by atoms with Crippen LogP contribution in [0.3, 0.4) is 0 Å². The molecule has 0 amide bonds. The third-order valence-electron chi connectivity index (χ3n) is 10.2. The molecule has 1 heterocycles. The number of carbonyl (C=O) groups is 2. The summed E-state index contributed by atoms with van der Waals surface area (Å²) in [6.45, 7) is 13.2. The first-order valence-electron chi connectivity index (χ1n) is 13.3. The number of carbonyl (C=O) groups excluding carboxylic acids is 2. The molecule has 3 aliphatic carbocycles. The topological polar surface area (TPSA) is 87.7 Å². The van der Waals surface area contributed by atoms with Crippen LogP contribution in [-0.2, 0) is 20.9 Å². The molecule has 2 bridgehead atoms. The lowest BCUT2D eigenvalue weighted by molar-refractivity contribution is -0.698. The Hall–Kier alpha value is -0.970. The van der Waals surface area contributed by atoms with Gasteiger partial charge in [-0.1, -0.05) is 33.8 Å². The van der Waals surface area contributed by atoms with Crippen molar-refractivity contribution in [1.82, 2.24) is 0 Å². The lowest BCUT2D eigenvalue weighted by Crippen LogP contribution is -3.00. The smallest absolute Gasteiger partial charge is 0.316 e. The maximum absolute atomic E-state index is 13.5. The number of rotatable bonds is 7. The number of aliphatic hydroxyl groups is 2. The zero-order valence-electron chi connectivity index (χ0n) is 22.5. The summed E-state index contributed by atoms with van der Waals surface area (Å²) < 4.78 is 8.18. The number of Topliss-reactive ketones (excluding diaryl/α,β-unsaturated/α-hetero) is 1. The minimum Gasteiger partial charge on any atom is -1.00 e. The fraction of sp³-hybridized carbons (Fsp3) is 0.690. The van der Waals surface area contributed by atoms with Gasteiger partial charge in [-0.25, -0.2) is 4.57 Å². The number of aliphatic hydroxyl groups excluding tert-OH is 2. The van der Waals surface area contributed by atoms with Crippen LogP contribution in [0.4, 0.5) is 0 Å². The zero-order chi connectivity index (χ0) is 26.3. The van der Waals surface area contributed by atoms with E-state index in [-0.39, 0.29) is 71.3 Å². The maximum atomic E-state index is 13.5. The average molecular weight is 644 g/mol. The molecule has 8 heteroatoms. The monoisotopic (exact) mass is 643 g/mol. The van der Waals surface area contributed by atoms with Crippen molar-refractivity contribution in [2.75, 3.05) is 12.4 Å². The maximum Gasteiger partial charge on any atom is 0.316 e. The Bertz CT molecular complexity index is 1000. The van der Waals surface area contributed by atoms with E-state index in [1.807, 2.05) is 42.1 Å². The van der Waals surface area contributed by atoms with Crippen LogP contribution < -0.4 is 28.5 Å². The van der Waals surface area contributed by atoms with E-state index in [1.54, 1.807) is 0 Å². The van der Waals surface area contributed by atoms with Crippen LogP contribution in [0.25, 0.3) is 0 Å². The summed E-state index contributed by atoms with van der Waals surface area (Å²) in [5.74, 6) is 0.0916. The molecule has 1 aromatic rings. The van der Waals surface area contributed by atoms with Crippen LogP contribution in [0.1, 0.15) is 59.8 Å². The van der Waals surface area contributed by atoms with Crippen molar-refractivity contribution in [3.63, 3.8) is 0 Å². The summed E-state index contributed by atoms with van der Waals surface area (Å²) in [6.07, 6.45) is 8.11. The number of ether oxygens (including phenoxy) is 1. The van der Waals surface area contributed by atoms with Gasteiger partial charge in [0, 0.05) is 40.2 Å². The molecule has 2 N–H and O–H groups in total. The van der Waals surface area contributed by atoms with Crippen LogP contribution in [0.5, 0.6) is 0 Å². The second-order valence-corrected chi connectivity index (χ2v) is 12.9. The van der Waals surface area contributed by atoms with E-state index in [4.69, 9.17) is 9.84 Å². The second kappa shape index (κ2) is 11.6. The van der Waals surface area contributed by atoms with Crippen molar-refractivity contribution in [2.24, 2.45) is 34.0 Å². The van der Waals surface area contributed by atoms with Gasteiger partial charge in [-0.3, -0.25) is 9.59 Å². The Morgan fingerprint density at radius 2 is 1.95 bits per heavy atom. The van der Waals surface area contributed by atoms with Crippen LogP contribution in [0, 0.1) is 34.0 Å². The highest BCUT2D eigenvalue weighted by Gasteiger charge is 2.68. The van der Waals surface area contributed by atoms with Gasteiger partial charge in [-0.15, -0.1) is 18.3 Å². The van der Waals surface area contributed by atoms with Gasteiger partial charge in [0.1, 0.15) is 18.5 Å². The summed E-state index contributed by atoms with van der Waals surface area (Å²) >= 11 is 1.41. The number of hydrogen-bond donors (Lipinski definition) is 2. The van der Waals surface area contributed by atoms with Gasteiger partial charge in [-0.05, 0) is 42.9 Å². The summed E-state index contributed by atoms with van der Waals surface area (Å²) in [4.78, 5) is 27.6. The standard InChI is InChI=1S/C29H42NO5S.HI/c1-6-27(4)17-23(35-24(33)18-36-21-9-13-30(14-10-21)15-16-31)28(5)19(2)7-11-29(20(3)26(27)34)12-8-22(32)25(28)29;/h6,9-10,13-14,19-20,23,25-26,31,34H,1,7-8,11-12,15-18H2,2-5H3;1H/q+1;/p-1/t19-,20+,23-,25+,26+,27-,28+,29+;/m1./s1. The first-order chi connectivity index (χ1) is 17.0. The molecule has 0 aromatic carbocycles. The number of aromatic nitrogens is 1. The third-order valence-corrected chi connectivity index (χ3v) is 11.1. The van der Waals surface area contributed by atoms with E-state index in [0.717, 1.165) is 24.2 Å². The number of thioether (sulfide) groups is 1. The lowest BCUT2D eigenvalue weighted by atomic mass is 9.44. The molecule has 1 aromatic heterocycles. The number of hydrogen-bond acceptors (Lipinski definition) is 6. The summed E-state index contributed by atoms with van der Waals surface area (Å²) in [5, 5.41) is 20.7. The number of halogens is 1. The molecule has 3 aliphatic rings. The zero-order valence-corrected chi connectivity index (χ0v) is 25.5. The molecular weight excluding hydrogens is 601 g/mol. The lowest BCUT2D eigenvalue weighted by Gasteiger charge is -2.61.